The quantitative estimate of drug-likeness (QED) is 0.475. The molecule has 0 saturated carbocycles. The Morgan fingerprint density at radius 1 is 1.50 bits per heavy atom. The van der Waals surface area contributed by atoms with Crippen molar-refractivity contribution in [2.45, 2.75) is 19.8 Å². The highest BCUT2D eigenvalue weighted by molar-refractivity contribution is 6.66. The smallest absolute Gasteiger partial charge is 0.299 e. The molecule has 0 saturated heterocycles. The first-order valence-corrected chi connectivity index (χ1v) is 5.13. The van der Waals surface area contributed by atoms with Gasteiger partial charge in [0, 0.05) is 12.2 Å². The zero-order valence-electron chi connectivity index (χ0n) is 8.09. The minimum Gasteiger partial charge on any atom is -0.299 e. The van der Waals surface area contributed by atoms with Gasteiger partial charge < -0.3 is 0 Å². The zero-order chi connectivity index (χ0) is 10.1. The number of nitrogens with zero attached hydrogens (tertiary/aromatic N) is 1. The van der Waals surface area contributed by atoms with E-state index in [1.54, 1.807) is 4.90 Å². The Morgan fingerprint density at radius 3 is 3.00 bits per heavy atom. The number of amides is 1. The van der Waals surface area contributed by atoms with E-state index in [1.165, 1.54) is 11.1 Å². The molecule has 3 heteroatoms. The minimum absolute atomic E-state index is 0.380. The first-order valence-electron chi connectivity index (χ1n) is 4.75. The predicted molar refractivity (Wildman–Crippen MR) is 58.1 cm³/mol. The molecular formula is C11H12ClNO. The second kappa shape index (κ2) is 3.62. The van der Waals surface area contributed by atoms with E-state index in [2.05, 4.69) is 13.0 Å². The molecular weight excluding hydrogens is 198 g/mol. The molecule has 1 aromatic carbocycles. The molecule has 1 heterocycles. The number of halogens is 1. The van der Waals surface area contributed by atoms with Crippen LogP contribution in [-0.4, -0.2) is 11.9 Å². The standard InChI is InChI=1S/C11H12ClNO/c1-8-4-5-10-9(7-8)3-2-6-13(10)11(12)14/h4-5,7H,2-3,6H2,1H3. The molecule has 0 atom stereocenters. The number of fused-ring (bicyclic) bond motifs is 1. The molecule has 2 rings (SSSR count). The van der Waals surface area contributed by atoms with Crippen molar-refractivity contribution in [1.29, 1.82) is 0 Å². The third-order valence-electron chi connectivity index (χ3n) is 2.57. The monoisotopic (exact) mass is 209 g/mol. The number of benzene rings is 1. The van der Waals surface area contributed by atoms with Crippen LogP contribution in [0.1, 0.15) is 17.5 Å². The Morgan fingerprint density at radius 2 is 2.29 bits per heavy atom. The molecule has 1 aliphatic rings. The van der Waals surface area contributed by atoms with Crippen molar-refractivity contribution in [2.75, 3.05) is 11.4 Å². The van der Waals surface area contributed by atoms with Crippen molar-refractivity contribution < 1.29 is 4.79 Å². The second-order valence-corrected chi connectivity index (χ2v) is 3.96. The molecule has 14 heavy (non-hydrogen) atoms. The number of aryl methyl sites for hydroxylation is 2. The van der Waals surface area contributed by atoms with Crippen molar-refractivity contribution >= 4 is 22.7 Å². The number of hydrogen-bond donors (Lipinski definition) is 0. The molecule has 1 aromatic rings. The van der Waals surface area contributed by atoms with Crippen LogP contribution in [0.2, 0.25) is 0 Å². The van der Waals surface area contributed by atoms with Gasteiger partial charge in [0.1, 0.15) is 0 Å². The lowest BCUT2D eigenvalue weighted by Crippen LogP contribution is -2.31. The van der Waals surface area contributed by atoms with Crippen molar-refractivity contribution in [3.05, 3.63) is 29.3 Å². The lowest BCUT2D eigenvalue weighted by atomic mass is 10.0. The summed E-state index contributed by atoms with van der Waals surface area (Å²) >= 11 is 5.51. The molecule has 0 fully saturated rings. The minimum atomic E-state index is -0.380. The topological polar surface area (TPSA) is 20.3 Å². The van der Waals surface area contributed by atoms with Crippen molar-refractivity contribution in [3.8, 4) is 0 Å². The van der Waals surface area contributed by atoms with E-state index in [9.17, 15) is 4.79 Å². The fraction of sp³-hybridized carbons (Fsp3) is 0.364. The average molecular weight is 210 g/mol. The lowest BCUT2D eigenvalue weighted by molar-refractivity contribution is 0.263. The van der Waals surface area contributed by atoms with Crippen LogP contribution in [0.3, 0.4) is 0 Å². The molecule has 0 radical (unpaired) electrons. The molecule has 1 amide bonds. The van der Waals surface area contributed by atoms with E-state index in [4.69, 9.17) is 11.6 Å². The normalized spacial score (nSPS) is 15.1. The summed E-state index contributed by atoms with van der Waals surface area (Å²) < 4.78 is 0. The van der Waals surface area contributed by atoms with Crippen LogP contribution in [0.15, 0.2) is 18.2 Å². The fourth-order valence-corrected chi connectivity index (χ4v) is 2.08. The van der Waals surface area contributed by atoms with Gasteiger partial charge in [0.15, 0.2) is 0 Å². The fourth-order valence-electron chi connectivity index (χ4n) is 1.91. The first-order chi connectivity index (χ1) is 6.68. The summed E-state index contributed by atoms with van der Waals surface area (Å²) in [4.78, 5) is 12.8. The van der Waals surface area contributed by atoms with E-state index in [0.29, 0.717) is 0 Å². The zero-order valence-corrected chi connectivity index (χ0v) is 8.84. The molecule has 2 nitrogen and oxygen atoms in total. The van der Waals surface area contributed by atoms with E-state index in [1.807, 2.05) is 12.1 Å². The number of hydrogen-bond acceptors (Lipinski definition) is 1. The molecule has 0 bridgehead atoms. The van der Waals surface area contributed by atoms with Crippen molar-refractivity contribution in [1.82, 2.24) is 0 Å². The Labute approximate surface area is 88.5 Å². The predicted octanol–water partition coefficient (Wildman–Crippen LogP) is 3.11. The van der Waals surface area contributed by atoms with Gasteiger partial charge in [-0.15, -0.1) is 0 Å². The van der Waals surface area contributed by atoms with Gasteiger partial charge in [-0.3, -0.25) is 9.69 Å². The summed E-state index contributed by atoms with van der Waals surface area (Å²) in [5, 5.41) is -0.380. The maximum Gasteiger partial charge on any atom is 0.320 e. The Bertz CT molecular complexity index is 376. The van der Waals surface area contributed by atoms with Crippen LogP contribution >= 0.6 is 11.6 Å². The van der Waals surface area contributed by atoms with Crippen LogP contribution < -0.4 is 4.90 Å². The van der Waals surface area contributed by atoms with E-state index in [0.717, 1.165) is 25.1 Å². The van der Waals surface area contributed by atoms with E-state index < -0.39 is 0 Å². The molecule has 1 aliphatic heterocycles. The largest absolute Gasteiger partial charge is 0.320 e. The Balaban J connectivity index is 2.44. The van der Waals surface area contributed by atoms with Crippen LogP contribution in [-0.2, 0) is 6.42 Å². The molecule has 0 aliphatic carbocycles. The molecule has 0 spiro atoms. The maximum absolute atomic E-state index is 11.1. The summed E-state index contributed by atoms with van der Waals surface area (Å²) in [6.07, 6.45) is 2.03. The van der Waals surface area contributed by atoms with Gasteiger partial charge in [0.25, 0.3) is 0 Å². The summed E-state index contributed by atoms with van der Waals surface area (Å²) in [6, 6.07) is 6.11. The molecule has 0 unspecified atom stereocenters. The summed E-state index contributed by atoms with van der Waals surface area (Å²) in [6.45, 7) is 2.79. The Hall–Kier alpha value is -1.02. The molecule has 0 aromatic heterocycles. The van der Waals surface area contributed by atoms with Gasteiger partial charge in [0.2, 0.25) is 0 Å². The first kappa shape index (κ1) is 9.53. The number of carbonyl (C=O) groups is 1. The van der Waals surface area contributed by atoms with Crippen LogP contribution in [0.4, 0.5) is 10.5 Å². The molecule has 0 N–H and O–H groups in total. The summed E-state index contributed by atoms with van der Waals surface area (Å²) in [5.74, 6) is 0. The lowest BCUT2D eigenvalue weighted by Gasteiger charge is -2.27. The second-order valence-electron chi connectivity index (χ2n) is 3.64. The number of rotatable bonds is 0. The number of anilines is 1. The maximum atomic E-state index is 11.1. The van der Waals surface area contributed by atoms with Crippen LogP contribution in [0.5, 0.6) is 0 Å². The van der Waals surface area contributed by atoms with Gasteiger partial charge in [-0.2, -0.15) is 0 Å². The van der Waals surface area contributed by atoms with E-state index in [-0.39, 0.29) is 5.37 Å². The van der Waals surface area contributed by atoms with Gasteiger partial charge in [-0.25, -0.2) is 0 Å². The van der Waals surface area contributed by atoms with Gasteiger partial charge in [-0.05, 0) is 43.0 Å². The SMILES string of the molecule is Cc1ccc2c(c1)CCCN2C(=O)Cl. The molecule has 74 valence electrons. The van der Waals surface area contributed by atoms with Crippen LogP contribution in [0, 0.1) is 6.92 Å². The highest BCUT2D eigenvalue weighted by atomic mass is 35.5. The Kier molecular flexibility index (Phi) is 2.46. The van der Waals surface area contributed by atoms with E-state index >= 15 is 0 Å². The van der Waals surface area contributed by atoms with Crippen molar-refractivity contribution in [2.24, 2.45) is 0 Å². The highest BCUT2D eigenvalue weighted by Crippen LogP contribution is 2.28. The third-order valence-corrected chi connectivity index (χ3v) is 2.77. The third kappa shape index (κ3) is 1.62. The summed E-state index contributed by atoms with van der Waals surface area (Å²) in [7, 11) is 0. The highest BCUT2D eigenvalue weighted by Gasteiger charge is 2.20. The number of carbonyl (C=O) groups excluding carboxylic acids is 1. The van der Waals surface area contributed by atoms with Crippen molar-refractivity contribution in [3.63, 3.8) is 0 Å². The average Bonchev–Trinajstić information content (AvgIpc) is 2.16. The summed E-state index contributed by atoms with van der Waals surface area (Å²) in [5.41, 5.74) is 3.43. The van der Waals surface area contributed by atoms with Gasteiger partial charge in [-0.1, -0.05) is 17.7 Å². The van der Waals surface area contributed by atoms with Gasteiger partial charge in [0.05, 0.1) is 0 Å². The van der Waals surface area contributed by atoms with Crippen LogP contribution in [0.25, 0.3) is 0 Å². The van der Waals surface area contributed by atoms with Gasteiger partial charge >= 0.3 is 5.37 Å².